The van der Waals surface area contributed by atoms with Crippen LogP contribution in [0.3, 0.4) is 0 Å². The smallest absolute Gasteiger partial charge is 0.255 e. The van der Waals surface area contributed by atoms with Crippen molar-refractivity contribution >= 4 is 16.9 Å². The number of nitrogens with zero attached hydrogens (tertiary/aromatic N) is 5. The van der Waals surface area contributed by atoms with Crippen molar-refractivity contribution in [3.63, 3.8) is 0 Å². The second-order valence-corrected chi connectivity index (χ2v) is 9.00. The van der Waals surface area contributed by atoms with Crippen molar-refractivity contribution in [1.82, 2.24) is 25.3 Å². The van der Waals surface area contributed by atoms with E-state index in [9.17, 15) is 10.1 Å². The molecule has 2 aromatic heterocycles. The Morgan fingerprint density at radius 1 is 1.18 bits per heavy atom. The van der Waals surface area contributed by atoms with E-state index in [0.717, 1.165) is 38.9 Å². The summed E-state index contributed by atoms with van der Waals surface area (Å²) in [5, 5.41) is 20.5. The summed E-state index contributed by atoms with van der Waals surface area (Å²) >= 11 is 0. The van der Waals surface area contributed by atoms with Gasteiger partial charge in [0.05, 0.1) is 11.6 Å². The number of carbonyl (C=O) groups excluding carboxylic acids is 1. The van der Waals surface area contributed by atoms with E-state index in [0.29, 0.717) is 24.6 Å². The van der Waals surface area contributed by atoms with Crippen LogP contribution in [0.1, 0.15) is 68.7 Å². The summed E-state index contributed by atoms with van der Waals surface area (Å²) < 4.78 is 0. The van der Waals surface area contributed by atoms with Crippen LogP contribution in [-0.4, -0.2) is 31.2 Å². The van der Waals surface area contributed by atoms with Crippen LogP contribution in [0.25, 0.3) is 11.0 Å². The van der Waals surface area contributed by atoms with Crippen LogP contribution in [0, 0.1) is 18.3 Å². The average Bonchev–Trinajstić information content (AvgIpc) is 3.53. The third kappa shape index (κ3) is 3.35. The zero-order chi connectivity index (χ0) is 22.5. The predicted octanol–water partition coefficient (Wildman–Crippen LogP) is 4.35. The van der Waals surface area contributed by atoms with Crippen molar-refractivity contribution < 1.29 is 4.79 Å². The van der Waals surface area contributed by atoms with E-state index < -0.39 is 0 Å². The van der Waals surface area contributed by atoms with Gasteiger partial charge in [-0.15, -0.1) is 5.10 Å². The molecule has 0 spiro atoms. The van der Waals surface area contributed by atoms with Gasteiger partial charge in [0.15, 0.2) is 0 Å². The first-order chi connectivity index (χ1) is 16.1. The zero-order valence-electron chi connectivity index (χ0n) is 18.2. The number of benzene rings is 2. The fourth-order valence-electron chi connectivity index (χ4n) is 4.91. The molecular formula is C26H22N6O. The SMILES string of the molecule is Cc1ccnc(C#N)c1CC1c2cc(C3CC3)ccc2C(=O)N1Cc1ccc2[nH]nnc2c1. The lowest BCUT2D eigenvalue weighted by molar-refractivity contribution is 0.0709. The Morgan fingerprint density at radius 3 is 2.88 bits per heavy atom. The maximum atomic E-state index is 13.6. The molecule has 0 radical (unpaired) electrons. The molecule has 33 heavy (non-hydrogen) atoms. The number of hydrogen-bond donors (Lipinski definition) is 1. The van der Waals surface area contributed by atoms with E-state index in [1.54, 1.807) is 6.20 Å². The molecule has 1 saturated carbocycles. The minimum absolute atomic E-state index is 0.0256. The Bertz CT molecular complexity index is 1440. The molecule has 2 aromatic carbocycles. The molecule has 1 atom stereocenters. The number of carbonyl (C=O) groups is 1. The minimum Gasteiger partial charge on any atom is -0.327 e. The predicted molar refractivity (Wildman–Crippen MR) is 122 cm³/mol. The van der Waals surface area contributed by atoms with E-state index in [2.05, 4.69) is 38.6 Å². The van der Waals surface area contributed by atoms with Gasteiger partial charge in [0.1, 0.15) is 17.3 Å². The fraction of sp³-hybridized carbons (Fsp3) is 0.269. The van der Waals surface area contributed by atoms with Gasteiger partial charge in [0.25, 0.3) is 5.91 Å². The number of fused-ring (bicyclic) bond motifs is 2. The highest BCUT2D eigenvalue weighted by Gasteiger charge is 2.38. The monoisotopic (exact) mass is 434 g/mol. The van der Waals surface area contributed by atoms with Crippen molar-refractivity contribution in [2.24, 2.45) is 0 Å². The molecule has 0 saturated heterocycles. The number of H-pyrrole nitrogens is 1. The third-order valence-corrected chi connectivity index (χ3v) is 6.89. The molecule has 2 aliphatic rings. The van der Waals surface area contributed by atoms with Gasteiger partial charge in [-0.3, -0.25) is 9.89 Å². The first-order valence-electron chi connectivity index (χ1n) is 11.2. The molecule has 1 aliphatic carbocycles. The summed E-state index contributed by atoms with van der Waals surface area (Å²) in [4.78, 5) is 19.8. The molecule has 7 nitrogen and oxygen atoms in total. The fourth-order valence-corrected chi connectivity index (χ4v) is 4.91. The van der Waals surface area contributed by atoms with Crippen molar-refractivity contribution in [2.45, 2.75) is 44.7 Å². The Balaban J connectivity index is 1.42. The van der Waals surface area contributed by atoms with E-state index in [1.807, 2.05) is 42.2 Å². The van der Waals surface area contributed by atoms with E-state index in [1.165, 1.54) is 18.4 Å². The Kier molecular flexibility index (Phi) is 4.47. The maximum Gasteiger partial charge on any atom is 0.255 e. The molecule has 1 aliphatic heterocycles. The summed E-state index contributed by atoms with van der Waals surface area (Å²) in [6.45, 7) is 2.46. The molecule has 3 heterocycles. The highest BCUT2D eigenvalue weighted by Crippen LogP contribution is 2.44. The van der Waals surface area contributed by atoms with Gasteiger partial charge in [-0.1, -0.05) is 23.4 Å². The van der Waals surface area contributed by atoms with Gasteiger partial charge < -0.3 is 4.90 Å². The summed E-state index contributed by atoms with van der Waals surface area (Å²) in [7, 11) is 0. The maximum absolute atomic E-state index is 13.6. The number of nitrogens with one attached hydrogen (secondary N) is 1. The van der Waals surface area contributed by atoms with E-state index in [4.69, 9.17) is 0 Å². The second kappa shape index (κ2) is 7.52. The number of aryl methyl sites for hydroxylation is 1. The number of aromatic nitrogens is 4. The van der Waals surface area contributed by atoms with Gasteiger partial charge in [0, 0.05) is 24.7 Å². The Morgan fingerprint density at radius 2 is 2.06 bits per heavy atom. The van der Waals surface area contributed by atoms with Gasteiger partial charge in [-0.05, 0) is 77.8 Å². The van der Waals surface area contributed by atoms with Crippen molar-refractivity contribution in [2.75, 3.05) is 0 Å². The molecule has 1 N–H and O–H groups in total. The summed E-state index contributed by atoms with van der Waals surface area (Å²) in [5.41, 5.74) is 8.10. The lowest BCUT2D eigenvalue weighted by Gasteiger charge is -2.26. The van der Waals surface area contributed by atoms with Crippen molar-refractivity contribution in [3.8, 4) is 6.07 Å². The molecule has 0 bridgehead atoms. The van der Waals surface area contributed by atoms with Gasteiger partial charge in [-0.2, -0.15) is 5.26 Å². The van der Waals surface area contributed by atoms with E-state index >= 15 is 0 Å². The highest BCUT2D eigenvalue weighted by atomic mass is 16.2. The van der Waals surface area contributed by atoms with Crippen LogP contribution in [0.2, 0.25) is 0 Å². The summed E-state index contributed by atoms with van der Waals surface area (Å²) in [6, 6.07) is 16.2. The van der Waals surface area contributed by atoms with Crippen LogP contribution >= 0.6 is 0 Å². The number of aromatic amines is 1. The number of amides is 1. The number of nitriles is 1. The molecule has 162 valence electrons. The molecule has 6 rings (SSSR count). The van der Waals surface area contributed by atoms with Crippen molar-refractivity contribution in [3.05, 3.63) is 87.7 Å². The minimum atomic E-state index is -0.158. The van der Waals surface area contributed by atoms with Crippen LogP contribution in [-0.2, 0) is 13.0 Å². The molecule has 1 amide bonds. The highest BCUT2D eigenvalue weighted by molar-refractivity contribution is 5.99. The molecule has 7 heteroatoms. The third-order valence-electron chi connectivity index (χ3n) is 6.89. The number of rotatable bonds is 5. The first-order valence-corrected chi connectivity index (χ1v) is 11.2. The number of hydrogen-bond acceptors (Lipinski definition) is 5. The van der Waals surface area contributed by atoms with Gasteiger partial charge in [-0.25, -0.2) is 4.98 Å². The largest absolute Gasteiger partial charge is 0.327 e. The number of pyridine rings is 1. The van der Waals surface area contributed by atoms with Crippen LogP contribution in [0.4, 0.5) is 0 Å². The molecule has 1 fully saturated rings. The summed E-state index contributed by atoms with van der Waals surface area (Å²) in [5.74, 6) is 0.627. The molecule has 1 unspecified atom stereocenters. The van der Waals surface area contributed by atoms with Crippen LogP contribution < -0.4 is 0 Å². The van der Waals surface area contributed by atoms with Crippen molar-refractivity contribution in [1.29, 1.82) is 5.26 Å². The molecule has 4 aromatic rings. The van der Waals surface area contributed by atoms with E-state index in [-0.39, 0.29) is 11.9 Å². The molecular weight excluding hydrogens is 412 g/mol. The van der Waals surface area contributed by atoms with Gasteiger partial charge in [0.2, 0.25) is 0 Å². The van der Waals surface area contributed by atoms with Crippen LogP contribution in [0.15, 0.2) is 48.7 Å². The zero-order valence-corrected chi connectivity index (χ0v) is 18.2. The Labute approximate surface area is 191 Å². The normalized spacial score (nSPS) is 17.4. The van der Waals surface area contributed by atoms with Crippen LogP contribution in [0.5, 0.6) is 0 Å². The lowest BCUT2D eigenvalue weighted by atomic mass is 9.93. The lowest BCUT2D eigenvalue weighted by Crippen LogP contribution is -2.29. The first kappa shape index (κ1) is 19.6. The second-order valence-electron chi connectivity index (χ2n) is 9.00. The standard InChI is InChI=1S/C26H22N6O/c1-15-8-9-28-24(13-27)20(15)12-25-21-11-18(17-3-4-17)5-6-19(21)26(33)32(25)14-16-2-7-22-23(10-16)30-31-29-22/h2,5-11,17,25H,3-4,12,14H2,1H3,(H,29,30,31). The van der Waals surface area contributed by atoms with Gasteiger partial charge >= 0.3 is 0 Å². The topological polar surface area (TPSA) is 98.6 Å². The Hall–Kier alpha value is -4.05. The quantitative estimate of drug-likeness (QED) is 0.503. The average molecular weight is 435 g/mol. The summed E-state index contributed by atoms with van der Waals surface area (Å²) in [6.07, 6.45) is 4.64.